The molecule has 0 aliphatic carbocycles. The number of anilines is 2. The van der Waals surface area contributed by atoms with E-state index in [4.69, 9.17) is 18.0 Å². The van der Waals surface area contributed by atoms with Crippen LogP contribution in [0.2, 0.25) is 0 Å². The van der Waals surface area contributed by atoms with Crippen LogP contribution in [0.5, 0.6) is 0 Å². The Bertz CT molecular complexity index is 1500. The normalized spacial score (nSPS) is 17.9. The molecule has 5 N–H and O–H groups in total. The van der Waals surface area contributed by atoms with Crippen molar-refractivity contribution in [1.82, 2.24) is 14.3 Å². The van der Waals surface area contributed by atoms with Crippen LogP contribution in [0.1, 0.15) is 11.1 Å². The number of carbonyl (C=O) groups is 1. The summed E-state index contributed by atoms with van der Waals surface area (Å²) >= 11 is 5.11. The van der Waals surface area contributed by atoms with Crippen molar-refractivity contribution in [2.24, 2.45) is 0 Å². The number of hydrogen-bond donors (Lipinski definition) is 4. The molecule has 14 heteroatoms. The zero-order valence-corrected chi connectivity index (χ0v) is 18.6. The Balaban J connectivity index is 1.94. The quantitative estimate of drug-likeness (QED) is 0.306. The number of nitrogens with two attached hydrogens (primary N) is 1. The van der Waals surface area contributed by atoms with Crippen LogP contribution in [0.4, 0.5) is 24.7 Å². The second-order valence-electron chi connectivity index (χ2n) is 7.43. The second kappa shape index (κ2) is 8.07. The summed E-state index contributed by atoms with van der Waals surface area (Å²) in [5.74, 6) is -2.35. The topological polar surface area (TPSA) is 139 Å². The third-order valence-electron chi connectivity index (χ3n) is 5.23. The summed E-state index contributed by atoms with van der Waals surface area (Å²) in [6.07, 6.45) is -5.54. The van der Waals surface area contributed by atoms with Crippen LogP contribution in [0.15, 0.2) is 64.3 Å². The van der Waals surface area contributed by atoms with Gasteiger partial charge in [-0.3, -0.25) is 19.1 Å². The Labute approximate surface area is 195 Å². The van der Waals surface area contributed by atoms with Crippen molar-refractivity contribution in [3.63, 3.8) is 0 Å². The maximum absolute atomic E-state index is 14.5. The minimum atomic E-state index is -5.54. The zero-order valence-electron chi connectivity index (χ0n) is 17.0. The average Bonchev–Trinajstić information content (AvgIpc) is 3.05. The third kappa shape index (κ3) is 3.78. The fourth-order valence-electron chi connectivity index (χ4n) is 3.61. The van der Waals surface area contributed by atoms with Gasteiger partial charge in [0.25, 0.3) is 11.5 Å². The van der Waals surface area contributed by atoms with Gasteiger partial charge in [0.2, 0.25) is 15.6 Å². The lowest BCUT2D eigenvalue weighted by molar-refractivity contribution is -0.194. The van der Waals surface area contributed by atoms with E-state index in [2.05, 4.69) is 4.98 Å². The van der Waals surface area contributed by atoms with E-state index in [1.54, 1.807) is 30.3 Å². The first kappa shape index (κ1) is 23.7. The summed E-state index contributed by atoms with van der Waals surface area (Å²) in [5.41, 5.74) is -0.138. The number of rotatable bonds is 5. The molecule has 0 spiro atoms. The molecule has 0 bridgehead atoms. The zero-order chi connectivity index (χ0) is 24.9. The highest BCUT2D eigenvalue weighted by molar-refractivity contribution is 7.89. The van der Waals surface area contributed by atoms with Crippen molar-refractivity contribution in [2.45, 2.75) is 23.2 Å². The first-order valence-corrected chi connectivity index (χ1v) is 11.5. The number of fused-ring (bicyclic) bond motifs is 1. The molecular formula is C20H16F3N5O4S2. The van der Waals surface area contributed by atoms with E-state index in [-0.39, 0.29) is 17.0 Å². The van der Waals surface area contributed by atoms with Gasteiger partial charge in [-0.15, -0.1) is 0 Å². The van der Waals surface area contributed by atoms with Crippen LogP contribution in [-0.4, -0.2) is 30.1 Å². The number of halogens is 3. The van der Waals surface area contributed by atoms with Crippen LogP contribution >= 0.6 is 12.2 Å². The van der Waals surface area contributed by atoms with Crippen LogP contribution in [-0.2, 0) is 26.9 Å². The van der Waals surface area contributed by atoms with E-state index in [1.165, 1.54) is 16.9 Å². The molecule has 9 nitrogen and oxygen atoms in total. The molecule has 3 aromatic rings. The van der Waals surface area contributed by atoms with E-state index in [9.17, 15) is 31.2 Å². The predicted octanol–water partition coefficient (Wildman–Crippen LogP) is 2.22. The Hall–Kier alpha value is -3.49. The van der Waals surface area contributed by atoms with E-state index in [1.807, 2.05) is 5.32 Å². The SMILES string of the molecule is Nc1ccc(S(=O)(=O)NC2(C(F)(F)F)C(=O)Nc3c2c(=O)[nH]c(=S)n3Cc2ccccc2)cc1. The lowest BCUT2D eigenvalue weighted by Gasteiger charge is -2.29. The summed E-state index contributed by atoms with van der Waals surface area (Å²) in [4.78, 5) is 27.1. The first-order valence-electron chi connectivity index (χ1n) is 9.56. The van der Waals surface area contributed by atoms with E-state index in [0.717, 1.165) is 16.7 Å². The summed E-state index contributed by atoms with van der Waals surface area (Å²) in [7, 11) is -4.95. The van der Waals surface area contributed by atoms with Gasteiger partial charge in [-0.2, -0.15) is 17.9 Å². The second-order valence-corrected chi connectivity index (χ2v) is 9.50. The molecule has 0 saturated heterocycles. The number of aromatic nitrogens is 2. The molecule has 0 radical (unpaired) electrons. The third-order valence-corrected chi connectivity index (χ3v) is 7.02. The lowest BCUT2D eigenvalue weighted by Crippen LogP contribution is -2.61. The fraction of sp³-hybridized carbons (Fsp3) is 0.150. The molecule has 34 heavy (non-hydrogen) atoms. The number of benzene rings is 2. The van der Waals surface area contributed by atoms with Gasteiger partial charge in [-0.25, -0.2) is 8.42 Å². The fourth-order valence-corrected chi connectivity index (χ4v) is 5.19. The molecule has 1 unspecified atom stereocenters. The van der Waals surface area contributed by atoms with Crippen molar-refractivity contribution in [1.29, 1.82) is 0 Å². The van der Waals surface area contributed by atoms with Crippen LogP contribution in [0.25, 0.3) is 0 Å². The standard InChI is InChI=1S/C20H16F3N5O4S2/c21-20(22,23)19(27-34(31,32)13-8-6-12(24)7-9-13)14-15(25-17(19)30)28(18(33)26-16(14)29)10-11-4-2-1-3-5-11/h1-9,27H,10,24H2,(H,25,30)(H,26,29,33). The van der Waals surface area contributed by atoms with Gasteiger partial charge in [-0.1, -0.05) is 30.3 Å². The van der Waals surface area contributed by atoms with Gasteiger partial charge in [-0.05, 0) is 42.0 Å². The minimum absolute atomic E-state index is 0.0995. The largest absolute Gasteiger partial charge is 0.421 e. The molecule has 1 amide bonds. The van der Waals surface area contributed by atoms with Crippen molar-refractivity contribution >= 4 is 39.7 Å². The van der Waals surface area contributed by atoms with Crippen LogP contribution < -0.4 is 21.3 Å². The van der Waals surface area contributed by atoms with Gasteiger partial charge in [0.1, 0.15) is 5.82 Å². The van der Waals surface area contributed by atoms with Gasteiger partial charge < -0.3 is 11.1 Å². The van der Waals surface area contributed by atoms with Crippen molar-refractivity contribution in [3.05, 3.63) is 80.8 Å². The van der Waals surface area contributed by atoms with E-state index in [0.29, 0.717) is 5.56 Å². The monoisotopic (exact) mass is 511 g/mol. The van der Waals surface area contributed by atoms with Crippen molar-refractivity contribution < 1.29 is 26.4 Å². The molecular weight excluding hydrogens is 495 g/mol. The molecule has 1 aromatic heterocycles. The summed E-state index contributed by atoms with van der Waals surface area (Å²) < 4.78 is 71.5. The molecule has 4 rings (SSSR count). The number of sulfonamides is 1. The number of nitrogens with one attached hydrogen (secondary N) is 3. The van der Waals surface area contributed by atoms with Gasteiger partial charge >= 0.3 is 6.18 Å². The lowest BCUT2D eigenvalue weighted by atomic mass is 9.93. The number of aromatic amines is 1. The number of amides is 1. The highest BCUT2D eigenvalue weighted by Gasteiger charge is 2.69. The molecule has 178 valence electrons. The molecule has 1 aliphatic rings. The average molecular weight is 512 g/mol. The Kier molecular flexibility index (Phi) is 5.62. The van der Waals surface area contributed by atoms with Crippen molar-refractivity contribution in [2.75, 3.05) is 11.1 Å². The van der Waals surface area contributed by atoms with Gasteiger partial charge in [0, 0.05) is 5.69 Å². The first-order chi connectivity index (χ1) is 15.9. The number of nitrogens with zero attached hydrogens (tertiary/aromatic N) is 1. The molecule has 0 saturated carbocycles. The maximum Gasteiger partial charge on any atom is 0.421 e. The van der Waals surface area contributed by atoms with Crippen molar-refractivity contribution in [3.8, 4) is 0 Å². The number of H-pyrrole nitrogens is 1. The van der Waals surface area contributed by atoms with E-state index < -0.39 is 49.5 Å². The van der Waals surface area contributed by atoms with E-state index >= 15 is 0 Å². The Morgan fingerprint density at radius 2 is 1.68 bits per heavy atom. The van der Waals surface area contributed by atoms with Crippen LogP contribution in [0, 0.1) is 4.77 Å². The Morgan fingerprint density at radius 3 is 2.26 bits per heavy atom. The molecule has 1 atom stereocenters. The number of alkyl halides is 3. The van der Waals surface area contributed by atoms with Crippen LogP contribution in [0.3, 0.4) is 0 Å². The highest BCUT2D eigenvalue weighted by Crippen LogP contribution is 2.46. The van der Waals surface area contributed by atoms with Gasteiger partial charge in [0.15, 0.2) is 4.77 Å². The van der Waals surface area contributed by atoms with Gasteiger partial charge in [0.05, 0.1) is 17.0 Å². The number of carbonyl (C=O) groups excluding carboxylic acids is 1. The summed E-state index contributed by atoms with van der Waals surface area (Å²) in [5, 5.41) is 2.02. The smallest absolute Gasteiger partial charge is 0.399 e. The summed E-state index contributed by atoms with van der Waals surface area (Å²) in [6.45, 7) is -0.0995. The summed E-state index contributed by atoms with van der Waals surface area (Å²) in [6, 6.07) is 12.7. The molecule has 0 fully saturated rings. The maximum atomic E-state index is 14.5. The minimum Gasteiger partial charge on any atom is -0.399 e. The number of nitrogen functional groups attached to an aromatic ring is 1. The number of hydrogen-bond acceptors (Lipinski definition) is 6. The Morgan fingerprint density at radius 1 is 1.06 bits per heavy atom. The molecule has 2 aromatic carbocycles. The molecule has 2 heterocycles. The highest BCUT2D eigenvalue weighted by atomic mass is 32.2. The molecule has 1 aliphatic heterocycles. The predicted molar refractivity (Wildman–Crippen MR) is 119 cm³/mol.